The highest BCUT2D eigenvalue weighted by Gasteiger charge is 2.40. The van der Waals surface area contributed by atoms with Crippen LogP contribution in [0.2, 0.25) is 0 Å². The van der Waals surface area contributed by atoms with Gasteiger partial charge in [-0.1, -0.05) is 12.1 Å². The van der Waals surface area contributed by atoms with Crippen LogP contribution in [0.1, 0.15) is 31.9 Å². The van der Waals surface area contributed by atoms with E-state index in [2.05, 4.69) is 21.2 Å². The van der Waals surface area contributed by atoms with Gasteiger partial charge in [-0.3, -0.25) is 4.79 Å². The first-order valence-corrected chi connectivity index (χ1v) is 12.3. The standard InChI is InChI=1S/C22H21BrFN3O5S/c1-22(2,3)32-21(29)26-17-12-33(30,31)19-9-16(24)15(23)8-18(19)27(20(17)28)11-14-6-4-13(10-25)5-7-14/h4-9,17H,11-12H2,1-3H3,(H,26,29). The van der Waals surface area contributed by atoms with Crippen molar-refractivity contribution in [2.45, 2.75) is 43.9 Å². The Kier molecular flexibility index (Phi) is 6.81. The van der Waals surface area contributed by atoms with Gasteiger partial charge in [-0.05, 0) is 66.5 Å². The first-order chi connectivity index (χ1) is 15.3. The predicted octanol–water partition coefficient (Wildman–Crippen LogP) is 3.67. The van der Waals surface area contributed by atoms with Gasteiger partial charge in [-0.25, -0.2) is 17.6 Å². The van der Waals surface area contributed by atoms with Crippen LogP contribution in [0.5, 0.6) is 0 Å². The van der Waals surface area contributed by atoms with Crippen molar-refractivity contribution in [2.75, 3.05) is 10.7 Å². The molecule has 1 N–H and O–H groups in total. The zero-order valence-electron chi connectivity index (χ0n) is 18.1. The van der Waals surface area contributed by atoms with Gasteiger partial charge >= 0.3 is 6.09 Å². The van der Waals surface area contributed by atoms with Crippen LogP contribution in [-0.4, -0.2) is 37.8 Å². The number of nitrogens with zero attached hydrogens (tertiary/aromatic N) is 2. The van der Waals surface area contributed by atoms with Crippen LogP contribution >= 0.6 is 15.9 Å². The molecule has 2 aromatic carbocycles. The van der Waals surface area contributed by atoms with Crippen molar-refractivity contribution in [2.24, 2.45) is 0 Å². The Hall–Kier alpha value is -2.97. The first kappa shape index (κ1) is 24.7. The Labute approximate surface area is 199 Å². The quantitative estimate of drug-likeness (QED) is 0.638. The number of benzene rings is 2. The molecule has 0 saturated carbocycles. The normalized spacial score (nSPS) is 17.5. The van der Waals surface area contributed by atoms with E-state index in [1.54, 1.807) is 45.0 Å². The third kappa shape index (κ3) is 5.69. The summed E-state index contributed by atoms with van der Waals surface area (Å²) in [6.07, 6.45) is -0.951. The fraction of sp³-hybridized carbons (Fsp3) is 0.318. The summed E-state index contributed by atoms with van der Waals surface area (Å²) in [6, 6.07) is 8.98. The van der Waals surface area contributed by atoms with Crippen molar-refractivity contribution < 1.29 is 27.1 Å². The number of amides is 2. The summed E-state index contributed by atoms with van der Waals surface area (Å²) in [6.45, 7) is 4.82. The molecule has 1 aliphatic heterocycles. The zero-order valence-corrected chi connectivity index (χ0v) is 20.5. The third-order valence-electron chi connectivity index (χ3n) is 4.69. The zero-order chi connectivity index (χ0) is 24.6. The minimum atomic E-state index is -4.16. The van der Waals surface area contributed by atoms with Gasteiger partial charge in [0, 0.05) is 0 Å². The highest BCUT2D eigenvalue weighted by atomic mass is 79.9. The first-order valence-electron chi connectivity index (χ1n) is 9.82. The Balaban J connectivity index is 2.08. The van der Waals surface area contributed by atoms with Gasteiger partial charge in [-0.2, -0.15) is 5.26 Å². The Morgan fingerprint density at radius 3 is 2.52 bits per heavy atom. The molecule has 2 aromatic rings. The number of alkyl carbamates (subject to hydrolysis) is 1. The molecule has 8 nitrogen and oxygen atoms in total. The second kappa shape index (κ2) is 9.11. The molecule has 1 aliphatic rings. The van der Waals surface area contributed by atoms with E-state index >= 15 is 0 Å². The monoisotopic (exact) mass is 537 g/mol. The van der Waals surface area contributed by atoms with E-state index in [1.807, 2.05) is 6.07 Å². The number of halogens is 2. The number of nitriles is 1. The van der Waals surface area contributed by atoms with Crippen molar-refractivity contribution in [3.63, 3.8) is 0 Å². The minimum Gasteiger partial charge on any atom is -0.444 e. The van der Waals surface area contributed by atoms with Gasteiger partial charge in [0.2, 0.25) is 0 Å². The summed E-state index contributed by atoms with van der Waals surface area (Å²) in [5.41, 5.74) is 0.129. The molecule has 0 radical (unpaired) electrons. The smallest absolute Gasteiger partial charge is 0.408 e. The number of anilines is 1. The highest BCUT2D eigenvalue weighted by molar-refractivity contribution is 9.10. The summed E-state index contributed by atoms with van der Waals surface area (Å²) in [5.74, 6) is -2.27. The van der Waals surface area contributed by atoms with E-state index < -0.39 is 45.1 Å². The summed E-state index contributed by atoms with van der Waals surface area (Å²) in [5, 5.41) is 11.3. The predicted molar refractivity (Wildman–Crippen MR) is 122 cm³/mol. The van der Waals surface area contributed by atoms with Crippen LogP contribution in [0.3, 0.4) is 0 Å². The second-order valence-electron chi connectivity index (χ2n) is 8.45. The molecular formula is C22H21BrFN3O5S. The van der Waals surface area contributed by atoms with Crippen LogP contribution in [0.25, 0.3) is 0 Å². The van der Waals surface area contributed by atoms with E-state index in [4.69, 9.17) is 10.00 Å². The number of hydrogen-bond acceptors (Lipinski definition) is 6. The number of carbonyl (C=O) groups is 2. The van der Waals surface area contributed by atoms with Gasteiger partial charge in [0.25, 0.3) is 5.91 Å². The molecule has 0 fully saturated rings. The van der Waals surface area contributed by atoms with Gasteiger partial charge in [0.15, 0.2) is 9.84 Å². The number of nitrogens with one attached hydrogen (secondary N) is 1. The molecular weight excluding hydrogens is 517 g/mol. The molecule has 1 unspecified atom stereocenters. The topological polar surface area (TPSA) is 117 Å². The molecule has 174 valence electrons. The SMILES string of the molecule is CC(C)(C)OC(=O)NC1CS(=O)(=O)c2cc(F)c(Br)cc2N(Cc2ccc(C#N)cc2)C1=O. The van der Waals surface area contributed by atoms with Crippen molar-refractivity contribution in [3.05, 3.63) is 57.8 Å². The van der Waals surface area contributed by atoms with Crippen LogP contribution < -0.4 is 10.2 Å². The van der Waals surface area contributed by atoms with Crippen molar-refractivity contribution in [3.8, 4) is 6.07 Å². The average Bonchev–Trinajstić information content (AvgIpc) is 2.77. The second-order valence-corrected chi connectivity index (χ2v) is 11.3. The van der Waals surface area contributed by atoms with Gasteiger partial charge < -0.3 is 15.0 Å². The minimum absolute atomic E-state index is 0.0207. The van der Waals surface area contributed by atoms with E-state index in [0.717, 1.165) is 6.07 Å². The number of carbonyl (C=O) groups excluding carboxylic acids is 2. The lowest BCUT2D eigenvalue weighted by molar-refractivity contribution is -0.120. The van der Waals surface area contributed by atoms with Gasteiger partial charge in [-0.15, -0.1) is 0 Å². The molecule has 33 heavy (non-hydrogen) atoms. The van der Waals surface area contributed by atoms with Crippen molar-refractivity contribution in [1.82, 2.24) is 5.32 Å². The van der Waals surface area contributed by atoms with Gasteiger partial charge in [0.05, 0.1) is 39.0 Å². The lowest BCUT2D eigenvalue weighted by Gasteiger charge is -2.27. The maximum Gasteiger partial charge on any atom is 0.408 e. The molecule has 11 heteroatoms. The van der Waals surface area contributed by atoms with E-state index in [9.17, 15) is 22.4 Å². The molecule has 0 bridgehead atoms. The molecule has 1 atom stereocenters. The van der Waals surface area contributed by atoms with Crippen molar-refractivity contribution in [1.29, 1.82) is 5.26 Å². The van der Waals surface area contributed by atoms with Crippen molar-refractivity contribution >= 4 is 43.5 Å². The van der Waals surface area contributed by atoms with E-state index in [-0.39, 0.29) is 21.6 Å². The fourth-order valence-corrected chi connectivity index (χ4v) is 5.20. The molecule has 0 saturated heterocycles. The van der Waals surface area contributed by atoms with Crippen LogP contribution in [0.4, 0.5) is 14.9 Å². The summed E-state index contributed by atoms with van der Waals surface area (Å²) < 4.78 is 45.6. The summed E-state index contributed by atoms with van der Waals surface area (Å²) >= 11 is 3.04. The molecule has 3 rings (SSSR count). The maximum atomic E-state index is 14.3. The number of hydrogen-bond donors (Lipinski definition) is 1. The molecule has 2 amide bonds. The number of ether oxygens (including phenoxy) is 1. The molecule has 0 aromatic heterocycles. The number of sulfone groups is 1. The average molecular weight is 538 g/mol. The highest BCUT2D eigenvalue weighted by Crippen LogP contribution is 2.35. The van der Waals surface area contributed by atoms with Crippen LogP contribution in [0.15, 0.2) is 45.8 Å². The Morgan fingerprint density at radius 2 is 1.94 bits per heavy atom. The molecule has 0 aliphatic carbocycles. The van der Waals surface area contributed by atoms with Crippen LogP contribution in [0, 0.1) is 17.1 Å². The number of fused-ring (bicyclic) bond motifs is 1. The van der Waals surface area contributed by atoms with Crippen LogP contribution in [-0.2, 0) is 25.9 Å². The van der Waals surface area contributed by atoms with E-state index in [1.165, 1.54) is 11.0 Å². The summed E-state index contributed by atoms with van der Waals surface area (Å²) in [7, 11) is -4.16. The Bertz CT molecular complexity index is 1250. The van der Waals surface area contributed by atoms with E-state index in [0.29, 0.717) is 11.1 Å². The van der Waals surface area contributed by atoms with Gasteiger partial charge in [0.1, 0.15) is 17.5 Å². The lowest BCUT2D eigenvalue weighted by Crippen LogP contribution is -2.51. The maximum absolute atomic E-state index is 14.3. The summed E-state index contributed by atoms with van der Waals surface area (Å²) in [4.78, 5) is 26.6. The third-order valence-corrected chi connectivity index (χ3v) is 7.07. The molecule has 0 spiro atoms. The molecule has 1 heterocycles. The number of rotatable bonds is 3. The largest absolute Gasteiger partial charge is 0.444 e. The lowest BCUT2D eigenvalue weighted by atomic mass is 10.1. The Morgan fingerprint density at radius 1 is 1.30 bits per heavy atom. The fourth-order valence-electron chi connectivity index (χ4n) is 3.25.